The molecule has 0 heterocycles. The summed E-state index contributed by atoms with van der Waals surface area (Å²) in [6.07, 6.45) is 1.37. The Morgan fingerprint density at radius 3 is 2.08 bits per heavy atom. The van der Waals surface area contributed by atoms with E-state index in [4.69, 9.17) is 10.8 Å². The fraction of sp³-hybridized carbons (Fsp3) is 0.300. The summed E-state index contributed by atoms with van der Waals surface area (Å²) < 4.78 is 0. The molecule has 3 N–H and O–H groups in total. The van der Waals surface area contributed by atoms with Crippen molar-refractivity contribution in [3.63, 3.8) is 0 Å². The Labute approximate surface area is 78.2 Å². The minimum Gasteiger partial charge on any atom is -0.508 e. The molecule has 0 bridgehead atoms. The zero-order chi connectivity index (χ0) is 10.1. The first-order chi connectivity index (χ1) is 6.16. The molecule has 1 aromatic rings. The maximum atomic E-state index is 9.82. The molecule has 0 atom stereocenters. The number of primary amides is 1. The van der Waals surface area contributed by atoms with Crippen LogP contribution in [-0.2, 0) is 4.79 Å². The molecule has 1 aromatic carbocycles. The fourth-order valence-corrected chi connectivity index (χ4v) is 0.674. The number of nitrogens with two attached hydrogens (primary N) is 1. The molecule has 0 spiro atoms. The number of carbonyl (C=O) groups is 1. The first-order valence-corrected chi connectivity index (χ1v) is 4.19. The second-order valence-electron chi connectivity index (χ2n) is 2.55. The molecule has 0 aliphatic rings. The average molecular weight is 181 g/mol. The molecule has 72 valence electrons. The van der Waals surface area contributed by atoms with Crippen LogP contribution in [0.15, 0.2) is 30.3 Å². The highest BCUT2D eigenvalue weighted by molar-refractivity contribution is 5.73. The number of phenols is 1. The molecular formula is C10H15NO2. The Balaban J connectivity index is 0.000000226. The quantitative estimate of drug-likeness (QED) is 0.728. The van der Waals surface area contributed by atoms with Gasteiger partial charge in [0.15, 0.2) is 0 Å². The molecule has 1 rings (SSSR count). The second-order valence-corrected chi connectivity index (χ2v) is 2.55. The third-order valence-electron chi connectivity index (χ3n) is 1.25. The largest absolute Gasteiger partial charge is 0.508 e. The summed E-state index contributed by atoms with van der Waals surface area (Å²) >= 11 is 0. The predicted octanol–water partition coefficient (Wildman–Crippen LogP) is 1.66. The van der Waals surface area contributed by atoms with Gasteiger partial charge in [0.05, 0.1) is 0 Å². The van der Waals surface area contributed by atoms with Gasteiger partial charge in [-0.15, -0.1) is 0 Å². The predicted molar refractivity (Wildman–Crippen MR) is 52.2 cm³/mol. The first kappa shape index (κ1) is 11.5. The van der Waals surface area contributed by atoms with Crippen LogP contribution < -0.4 is 5.73 Å². The van der Waals surface area contributed by atoms with Gasteiger partial charge in [-0.05, 0) is 18.6 Å². The Morgan fingerprint density at radius 1 is 1.38 bits per heavy atom. The highest BCUT2D eigenvalue weighted by Crippen LogP contribution is 2.02. The highest BCUT2D eigenvalue weighted by atomic mass is 16.3. The summed E-state index contributed by atoms with van der Waals surface area (Å²) in [5.41, 5.74) is 4.76. The molecule has 1 amide bonds. The summed E-state index contributed by atoms with van der Waals surface area (Å²) in [6, 6.07) is 8.71. The van der Waals surface area contributed by atoms with Gasteiger partial charge in [-0.1, -0.05) is 25.1 Å². The molecular weight excluding hydrogens is 166 g/mol. The standard InChI is InChI=1S/C6H6O.C4H9NO/c7-6-4-2-1-3-5-6;1-2-3-4(5)6/h1-5,7H;2-3H2,1H3,(H2,5,6). The van der Waals surface area contributed by atoms with Crippen molar-refractivity contribution in [2.75, 3.05) is 0 Å². The lowest BCUT2D eigenvalue weighted by Gasteiger charge is -1.82. The molecule has 0 aliphatic heterocycles. The SMILES string of the molecule is CCCC(N)=O.Oc1ccccc1. The van der Waals surface area contributed by atoms with E-state index in [0.29, 0.717) is 12.2 Å². The van der Waals surface area contributed by atoms with Gasteiger partial charge in [-0.25, -0.2) is 0 Å². The van der Waals surface area contributed by atoms with Crippen LogP contribution in [0.3, 0.4) is 0 Å². The third kappa shape index (κ3) is 8.40. The minimum atomic E-state index is -0.211. The molecule has 3 nitrogen and oxygen atoms in total. The van der Waals surface area contributed by atoms with Crippen LogP contribution in [0.1, 0.15) is 19.8 Å². The number of carbonyl (C=O) groups excluding carboxylic acids is 1. The van der Waals surface area contributed by atoms with Crippen molar-refractivity contribution < 1.29 is 9.90 Å². The van der Waals surface area contributed by atoms with Crippen LogP contribution in [0.25, 0.3) is 0 Å². The van der Waals surface area contributed by atoms with Crippen LogP contribution in [0.5, 0.6) is 5.75 Å². The van der Waals surface area contributed by atoms with Crippen molar-refractivity contribution in [1.82, 2.24) is 0 Å². The summed E-state index contributed by atoms with van der Waals surface area (Å²) in [4.78, 5) is 9.82. The number of phenolic OH excluding ortho intramolecular Hbond substituents is 1. The van der Waals surface area contributed by atoms with E-state index >= 15 is 0 Å². The number of hydrogen-bond donors (Lipinski definition) is 2. The van der Waals surface area contributed by atoms with E-state index in [1.54, 1.807) is 24.3 Å². The number of benzene rings is 1. The third-order valence-corrected chi connectivity index (χ3v) is 1.25. The van der Waals surface area contributed by atoms with Crippen molar-refractivity contribution in [3.05, 3.63) is 30.3 Å². The van der Waals surface area contributed by atoms with Gasteiger partial charge < -0.3 is 10.8 Å². The van der Waals surface area contributed by atoms with Gasteiger partial charge in [-0.3, -0.25) is 4.79 Å². The average Bonchev–Trinajstić information content (AvgIpc) is 2.06. The zero-order valence-corrected chi connectivity index (χ0v) is 7.73. The normalized spacial score (nSPS) is 8.38. The Hall–Kier alpha value is -1.51. The number of hydrogen-bond acceptors (Lipinski definition) is 2. The van der Waals surface area contributed by atoms with Crippen LogP contribution in [0.4, 0.5) is 0 Å². The van der Waals surface area contributed by atoms with E-state index in [0.717, 1.165) is 6.42 Å². The van der Waals surface area contributed by atoms with Gasteiger partial charge in [-0.2, -0.15) is 0 Å². The summed E-state index contributed by atoms with van der Waals surface area (Å²) in [7, 11) is 0. The van der Waals surface area contributed by atoms with Gasteiger partial charge in [0, 0.05) is 6.42 Å². The van der Waals surface area contributed by atoms with E-state index in [1.807, 2.05) is 13.0 Å². The monoisotopic (exact) mass is 181 g/mol. The van der Waals surface area contributed by atoms with Crippen molar-refractivity contribution in [1.29, 1.82) is 0 Å². The van der Waals surface area contributed by atoms with E-state index in [9.17, 15) is 4.79 Å². The Bertz CT molecular complexity index is 234. The molecule has 0 saturated heterocycles. The summed E-state index contributed by atoms with van der Waals surface area (Å²) in [5.74, 6) is 0.111. The molecule has 13 heavy (non-hydrogen) atoms. The van der Waals surface area contributed by atoms with Gasteiger partial charge >= 0.3 is 0 Å². The molecule has 0 unspecified atom stereocenters. The lowest BCUT2D eigenvalue weighted by atomic mass is 10.3. The molecule has 0 saturated carbocycles. The lowest BCUT2D eigenvalue weighted by molar-refractivity contribution is -0.118. The first-order valence-electron chi connectivity index (χ1n) is 4.19. The summed E-state index contributed by atoms with van der Waals surface area (Å²) in [6.45, 7) is 1.92. The smallest absolute Gasteiger partial charge is 0.217 e. The maximum Gasteiger partial charge on any atom is 0.217 e. The molecule has 0 radical (unpaired) electrons. The number of para-hydroxylation sites is 1. The number of amides is 1. The maximum absolute atomic E-state index is 9.82. The Morgan fingerprint density at radius 2 is 1.92 bits per heavy atom. The van der Waals surface area contributed by atoms with Crippen molar-refractivity contribution in [2.45, 2.75) is 19.8 Å². The number of rotatable bonds is 2. The van der Waals surface area contributed by atoms with Crippen LogP contribution >= 0.6 is 0 Å². The van der Waals surface area contributed by atoms with Gasteiger partial charge in [0.2, 0.25) is 5.91 Å². The van der Waals surface area contributed by atoms with Crippen LogP contribution in [0, 0.1) is 0 Å². The lowest BCUT2D eigenvalue weighted by Crippen LogP contribution is -2.08. The van der Waals surface area contributed by atoms with Crippen molar-refractivity contribution in [3.8, 4) is 5.75 Å². The van der Waals surface area contributed by atoms with E-state index < -0.39 is 0 Å². The van der Waals surface area contributed by atoms with Gasteiger partial charge in [0.25, 0.3) is 0 Å². The topological polar surface area (TPSA) is 63.3 Å². The molecule has 0 aliphatic carbocycles. The Kier molecular flexibility index (Phi) is 6.32. The van der Waals surface area contributed by atoms with Crippen molar-refractivity contribution in [2.24, 2.45) is 5.73 Å². The second kappa shape index (κ2) is 7.16. The summed E-state index contributed by atoms with van der Waals surface area (Å²) in [5, 5.41) is 8.63. The van der Waals surface area contributed by atoms with E-state index in [2.05, 4.69) is 0 Å². The van der Waals surface area contributed by atoms with E-state index in [-0.39, 0.29) is 5.91 Å². The molecule has 0 fully saturated rings. The van der Waals surface area contributed by atoms with Crippen LogP contribution in [0.2, 0.25) is 0 Å². The highest BCUT2D eigenvalue weighted by Gasteiger charge is 1.84. The number of aromatic hydroxyl groups is 1. The van der Waals surface area contributed by atoms with E-state index in [1.165, 1.54) is 0 Å². The minimum absolute atomic E-state index is 0.211. The fourth-order valence-electron chi connectivity index (χ4n) is 0.674. The molecule has 3 heteroatoms. The van der Waals surface area contributed by atoms with Crippen LogP contribution in [-0.4, -0.2) is 11.0 Å². The van der Waals surface area contributed by atoms with Crippen molar-refractivity contribution >= 4 is 5.91 Å². The van der Waals surface area contributed by atoms with Gasteiger partial charge in [0.1, 0.15) is 5.75 Å². The zero-order valence-electron chi connectivity index (χ0n) is 7.73. The molecule has 0 aromatic heterocycles.